The van der Waals surface area contributed by atoms with Crippen molar-refractivity contribution in [1.82, 2.24) is 15.6 Å². The van der Waals surface area contributed by atoms with Gasteiger partial charge in [0.25, 0.3) is 5.91 Å². The highest BCUT2D eigenvalue weighted by atomic mass is 16.5. The minimum absolute atomic E-state index is 0.0420. The molecule has 2 rings (SSSR count). The van der Waals surface area contributed by atoms with E-state index < -0.39 is 6.04 Å². The second kappa shape index (κ2) is 8.82. The van der Waals surface area contributed by atoms with Crippen LogP contribution in [0.25, 0.3) is 0 Å². The molecule has 0 unspecified atom stereocenters. The SMILES string of the molecule is COc1ccc(C(=O)N[C@H](C(=O)NCc2ccncc2)C(C)C)cc1. The average Bonchev–Trinajstić information content (AvgIpc) is 2.64. The first-order valence-electron chi connectivity index (χ1n) is 8.12. The summed E-state index contributed by atoms with van der Waals surface area (Å²) in [4.78, 5) is 28.8. The second-order valence-corrected chi connectivity index (χ2v) is 6.00. The summed E-state index contributed by atoms with van der Waals surface area (Å²) in [5.74, 6) is 0.126. The third-order valence-corrected chi connectivity index (χ3v) is 3.80. The third kappa shape index (κ3) is 5.31. The normalized spacial score (nSPS) is 11.7. The molecule has 0 aliphatic rings. The largest absolute Gasteiger partial charge is 0.497 e. The quantitative estimate of drug-likeness (QED) is 0.809. The van der Waals surface area contributed by atoms with Crippen LogP contribution in [0.3, 0.4) is 0 Å². The average molecular weight is 341 g/mol. The zero-order valence-corrected chi connectivity index (χ0v) is 14.7. The van der Waals surface area contributed by atoms with Crippen molar-refractivity contribution >= 4 is 11.8 Å². The van der Waals surface area contributed by atoms with E-state index >= 15 is 0 Å². The lowest BCUT2D eigenvalue weighted by atomic mass is 10.0. The molecule has 0 aliphatic carbocycles. The molecule has 0 bridgehead atoms. The van der Waals surface area contributed by atoms with Gasteiger partial charge >= 0.3 is 0 Å². The number of nitrogens with one attached hydrogen (secondary N) is 2. The summed E-state index contributed by atoms with van der Waals surface area (Å²) in [6.07, 6.45) is 3.35. The van der Waals surface area contributed by atoms with Gasteiger partial charge < -0.3 is 15.4 Å². The van der Waals surface area contributed by atoms with Crippen LogP contribution in [-0.2, 0) is 11.3 Å². The lowest BCUT2D eigenvalue weighted by molar-refractivity contribution is -0.124. The fourth-order valence-electron chi connectivity index (χ4n) is 2.30. The number of carbonyl (C=O) groups excluding carboxylic acids is 2. The molecule has 0 spiro atoms. The number of ether oxygens (including phenoxy) is 1. The highest BCUT2D eigenvalue weighted by Crippen LogP contribution is 2.12. The monoisotopic (exact) mass is 341 g/mol. The molecule has 1 aromatic carbocycles. The smallest absolute Gasteiger partial charge is 0.251 e. The molecule has 1 atom stereocenters. The van der Waals surface area contributed by atoms with E-state index in [-0.39, 0.29) is 17.7 Å². The Labute approximate surface area is 147 Å². The van der Waals surface area contributed by atoms with Gasteiger partial charge in [0.1, 0.15) is 11.8 Å². The molecule has 1 aromatic heterocycles. The topological polar surface area (TPSA) is 80.3 Å². The summed E-state index contributed by atoms with van der Waals surface area (Å²) in [5.41, 5.74) is 1.43. The van der Waals surface area contributed by atoms with Gasteiger partial charge in [-0.2, -0.15) is 0 Å². The van der Waals surface area contributed by atoms with E-state index in [1.54, 1.807) is 43.8 Å². The molecule has 25 heavy (non-hydrogen) atoms. The third-order valence-electron chi connectivity index (χ3n) is 3.80. The maximum atomic E-state index is 12.5. The Balaban J connectivity index is 1.98. The highest BCUT2D eigenvalue weighted by molar-refractivity contribution is 5.97. The van der Waals surface area contributed by atoms with Gasteiger partial charge in [0, 0.05) is 24.5 Å². The van der Waals surface area contributed by atoms with E-state index in [0.29, 0.717) is 17.9 Å². The summed E-state index contributed by atoms with van der Waals surface area (Å²) in [5, 5.41) is 5.66. The molecule has 2 aromatic rings. The van der Waals surface area contributed by atoms with Crippen LogP contribution in [-0.4, -0.2) is 29.9 Å². The van der Waals surface area contributed by atoms with Crippen molar-refractivity contribution in [3.8, 4) is 5.75 Å². The standard InChI is InChI=1S/C19H23N3O3/c1-13(2)17(19(24)21-12-14-8-10-20-11-9-14)22-18(23)15-4-6-16(25-3)7-5-15/h4-11,13,17H,12H2,1-3H3,(H,21,24)(H,22,23)/t17-/m0/s1. The van der Waals surface area contributed by atoms with Crippen molar-refractivity contribution in [2.45, 2.75) is 26.4 Å². The van der Waals surface area contributed by atoms with Crippen LogP contribution in [0.4, 0.5) is 0 Å². The van der Waals surface area contributed by atoms with Crippen molar-refractivity contribution in [3.05, 3.63) is 59.9 Å². The van der Waals surface area contributed by atoms with E-state index in [0.717, 1.165) is 5.56 Å². The summed E-state index contributed by atoms with van der Waals surface area (Å²) in [6, 6.07) is 9.81. The van der Waals surface area contributed by atoms with Gasteiger partial charge in [-0.05, 0) is 47.9 Å². The number of rotatable bonds is 7. The van der Waals surface area contributed by atoms with Gasteiger partial charge in [-0.25, -0.2) is 0 Å². The fourth-order valence-corrected chi connectivity index (χ4v) is 2.30. The Bertz CT molecular complexity index is 700. The van der Waals surface area contributed by atoms with Crippen molar-refractivity contribution in [1.29, 1.82) is 0 Å². The number of amides is 2. The number of pyridine rings is 1. The highest BCUT2D eigenvalue weighted by Gasteiger charge is 2.24. The number of aromatic nitrogens is 1. The zero-order valence-electron chi connectivity index (χ0n) is 14.7. The van der Waals surface area contributed by atoms with Crippen molar-refractivity contribution in [2.75, 3.05) is 7.11 Å². The molecule has 0 saturated carbocycles. The van der Waals surface area contributed by atoms with Crippen molar-refractivity contribution in [3.63, 3.8) is 0 Å². The van der Waals surface area contributed by atoms with Gasteiger partial charge in [0.15, 0.2) is 0 Å². The number of methoxy groups -OCH3 is 1. The van der Waals surface area contributed by atoms with Crippen LogP contribution < -0.4 is 15.4 Å². The van der Waals surface area contributed by atoms with Crippen LogP contribution in [0.1, 0.15) is 29.8 Å². The Morgan fingerprint density at radius 2 is 1.72 bits per heavy atom. The summed E-state index contributed by atoms with van der Waals surface area (Å²) in [6.45, 7) is 4.18. The van der Waals surface area contributed by atoms with Gasteiger partial charge in [0.05, 0.1) is 7.11 Å². The lowest BCUT2D eigenvalue weighted by Gasteiger charge is -2.22. The molecule has 0 radical (unpaired) electrons. The Morgan fingerprint density at radius 3 is 2.28 bits per heavy atom. The number of hydrogen-bond donors (Lipinski definition) is 2. The minimum atomic E-state index is -0.614. The fraction of sp³-hybridized carbons (Fsp3) is 0.316. The van der Waals surface area contributed by atoms with E-state index in [1.165, 1.54) is 0 Å². The molecule has 0 aliphatic heterocycles. The van der Waals surface area contributed by atoms with Crippen molar-refractivity contribution in [2.24, 2.45) is 5.92 Å². The first kappa shape index (κ1) is 18.4. The molecule has 6 nitrogen and oxygen atoms in total. The maximum Gasteiger partial charge on any atom is 0.251 e. The molecule has 2 N–H and O–H groups in total. The molecular weight excluding hydrogens is 318 g/mol. The summed E-state index contributed by atoms with van der Waals surface area (Å²) < 4.78 is 5.08. The zero-order chi connectivity index (χ0) is 18.2. The Morgan fingerprint density at radius 1 is 1.08 bits per heavy atom. The predicted octanol–water partition coefficient (Wildman–Crippen LogP) is 2.16. The minimum Gasteiger partial charge on any atom is -0.497 e. The summed E-state index contributed by atoms with van der Waals surface area (Å²) in [7, 11) is 1.57. The van der Waals surface area contributed by atoms with Crippen LogP contribution in [0.2, 0.25) is 0 Å². The number of nitrogens with zero attached hydrogens (tertiary/aromatic N) is 1. The van der Waals surface area contributed by atoms with Crippen molar-refractivity contribution < 1.29 is 14.3 Å². The molecule has 0 fully saturated rings. The van der Waals surface area contributed by atoms with E-state index in [1.807, 2.05) is 26.0 Å². The second-order valence-electron chi connectivity index (χ2n) is 6.00. The van der Waals surface area contributed by atoms with E-state index in [9.17, 15) is 9.59 Å². The molecular formula is C19H23N3O3. The Hall–Kier alpha value is -2.89. The van der Waals surface area contributed by atoms with Crippen LogP contribution in [0.15, 0.2) is 48.8 Å². The van der Waals surface area contributed by atoms with Crippen LogP contribution >= 0.6 is 0 Å². The van der Waals surface area contributed by atoms with Gasteiger partial charge in [-0.1, -0.05) is 13.8 Å². The van der Waals surface area contributed by atoms with Gasteiger partial charge in [-0.15, -0.1) is 0 Å². The number of benzene rings is 1. The predicted molar refractivity (Wildman–Crippen MR) is 95.2 cm³/mol. The molecule has 1 heterocycles. The van der Waals surface area contributed by atoms with Gasteiger partial charge in [-0.3, -0.25) is 14.6 Å². The lowest BCUT2D eigenvalue weighted by Crippen LogP contribution is -2.49. The maximum absolute atomic E-state index is 12.5. The molecule has 132 valence electrons. The first-order valence-corrected chi connectivity index (χ1v) is 8.12. The first-order chi connectivity index (χ1) is 12.0. The number of hydrogen-bond acceptors (Lipinski definition) is 4. The number of carbonyl (C=O) groups is 2. The molecule has 2 amide bonds. The molecule has 6 heteroatoms. The van der Waals surface area contributed by atoms with E-state index in [4.69, 9.17) is 4.74 Å². The van der Waals surface area contributed by atoms with Gasteiger partial charge in [0.2, 0.25) is 5.91 Å². The van der Waals surface area contributed by atoms with Crippen LogP contribution in [0.5, 0.6) is 5.75 Å². The van der Waals surface area contributed by atoms with E-state index in [2.05, 4.69) is 15.6 Å². The molecule has 0 saturated heterocycles. The van der Waals surface area contributed by atoms with Crippen LogP contribution in [0, 0.1) is 5.92 Å². The summed E-state index contributed by atoms with van der Waals surface area (Å²) >= 11 is 0. The Kier molecular flexibility index (Phi) is 6.51.